The van der Waals surface area contributed by atoms with E-state index in [1.165, 1.54) is 6.92 Å². The summed E-state index contributed by atoms with van der Waals surface area (Å²) in [5, 5.41) is 8.57. The van der Waals surface area contributed by atoms with Gasteiger partial charge in [0.1, 0.15) is 5.78 Å². The van der Waals surface area contributed by atoms with E-state index in [1.807, 2.05) is 0 Å². The Morgan fingerprint density at radius 3 is 2.27 bits per heavy atom. The van der Waals surface area contributed by atoms with Crippen LogP contribution in [0.25, 0.3) is 0 Å². The number of carbonyl (C=O) groups is 2. The second-order valence-electron chi connectivity index (χ2n) is 3.29. The lowest BCUT2D eigenvalue weighted by Crippen LogP contribution is -2.03. The lowest BCUT2D eigenvalue weighted by molar-refractivity contribution is -0.136. The van der Waals surface area contributed by atoms with E-state index >= 15 is 0 Å². The van der Waals surface area contributed by atoms with E-state index in [-0.39, 0.29) is 17.0 Å². The molecule has 0 saturated heterocycles. The van der Waals surface area contributed by atoms with Gasteiger partial charge in [-0.25, -0.2) is 0 Å². The van der Waals surface area contributed by atoms with Crippen molar-refractivity contribution in [1.82, 2.24) is 0 Å². The largest absolute Gasteiger partial charge is 0.481 e. The molecule has 1 atom stereocenters. The van der Waals surface area contributed by atoms with E-state index < -0.39 is 5.97 Å². The minimum absolute atomic E-state index is 0.00725. The van der Waals surface area contributed by atoms with Gasteiger partial charge in [-0.1, -0.05) is 40.2 Å². The summed E-state index contributed by atoms with van der Waals surface area (Å²) in [6.07, 6.45) is 0.00725. The van der Waals surface area contributed by atoms with E-state index in [0.717, 1.165) is 11.1 Å². The van der Waals surface area contributed by atoms with Crippen molar-refractivity contribution < 1.29 is 14.7 Å². The number of alkyl halides is 1. The van der Waals surface area contributed by atoms with Gasteiger partial charge in [0.05, 0.1) is 11.2 Å². The molecule has 80 valence electrons. The molecule has 1 rings (SSSR count). The summed E-state index contributed by atoms with van der Waals surface area (Å²) in [4.78, 5) is 21.2. The smallest absolute Gasteiger partial charge is 0.307 e. The number of aliphatic carboxylic acids is 1. The highest BCUT2D eigenvalue weighted by molar-refractivity contribution is 9.09. The molecule has 1 aromatic rings. The predicted molar refractivity (Wildman–Crippen MR) is 60.1 cm³/mol. The fraction of sp³-hybridized carbons (Fsp3) is 0.273. The Morgan fingerprint density at radius 1 is 1.33 bits per heavy atom. The van der Waals surface area contributed by atoms with E-state index in [2.05, 4.69) is 15.9 Å². The molecule has 1 aromatic carbocycles. The number of carbonyl (C=O) groups excluding carboxylic acids is 1. The second kappa shape index (κ2) is 5.07. The molecule has 0 bridgehead atoms. The van der Waals surface area contributed by atoms with Gasteiger partial charge in [-0.3, -0.25) is 9.59 Å². The number of rotatable bonds is 4. The Labute approximate surface area is 96.2 Å². The molecule has 0 aliphatic heterocycles. The summed E-state index contributed by atoms with van der Waals surface area (Å²) >= 11 is 3.26. The molecule has 0 spiro atoms. The number of benzene rings is 1. The third-order valence-corrected chi connectivity index (χ3v) is 3.16. The monoisotopic (exact) mass is 270 g/mol. The zero-order valence-electron chi connectivity index (χ0n) is 8.24. The van der Waals surface area contributed by atoms with Gasteiger partial charge in [-0.05, 0) is 18.1 Å². The van der Waals surface area contributed by atoms with Gasteiger partial charge < -0.3 is 5.11 Å². The normalized spacial score (nSPS) is 12.1. The first-order valence-corrected chi connectivity index (χ1v) is 5.37. The van der Waals surface area contributed by atoms with Crippen LogP contribution in [-0.2, 0) is 16.0 Å². The fourth-order valence-electron chi connectivity index (χ4n) is 1.21. The molecule has 0 amide bonds. The van der Waals surface area contributed by atoms with E-state index in [9.17, 15) is 9.59 Å². The van der Waals surface area contributed by atoms with Gasteiger partial charge in [-0.2, -0.15) is 0 Å². The van der Waals surface area contributed by atoms with Gasteiger partial charge >= 0.3 is 5.97 Å². The summed E-state index contributed by atoms with van der Waals surface area (Å²) in [6, 6.07) is 6.97. The molecule has 1 N–H and O–H groups in total. The third kappa shape index (κ3) is 3.47. The molecule has 0 saturated carbocycles. The van der Waals surface area contributed by atoms with Crippen LogP contribution >= 0.6 is 15.9 Å². The van der Waals surface area contributed by atoms with Crippen molar-refractivity contribution in [3.8, 4) is 0 Å². The SMILES string of the molecule is CC(=O)C(Br)c1ccc(CC(=O)O)cc1. The number of carboxylic acid groups (broad SMARTS) is 1. The van der Waals surface area contributed by atoms with Gasteiger partial charge in [0.15, 0.2) is 0 Å². The van der Waals surface area contributed by atoms with Crippen LogP contribution in [0.15, 0.2) is 24.3 Å². The van der Waals surface area contributed by atoms with Crippen molar-refractivity contribution in [3.63, 3.8) is 0 Å². The van der Waals surface area contributed by atoms with E-state index in [1.54, 1.807) is 24.3 Å². The quantitative estimate of drug-likeness (QED) is 0.855. The summed E-state index contributed by atoms with van der Waals surface area (Å²) in [7, 11) is 0. The van der Waals surface area contributed by atoms with Crippen molar-refractivity contribution in [2.24, 2.45) is 0 Å². The molecule has 3 nitrogen and oxygen atoms in total. The lowest BCUT2D eigenvalue weighted by atomic mass is 10.1. The number of hydrogen-bond acceptors (Lipinski definition) is 2. The van der Waals surface area contributed by atoms with Crippen molar-refractivity contribution >= 4 is 27.7 Å². The maximum Gasteiger partial charge on any atom is 0.307 e. The van der Waals surface area contributed by atoms with Crippen LogP contribution < -0.4 is 0 Å². The Balaban J connectivity index is 2.80. The van der Waals surface area contributed by atoms with Gasteiger partial charge in [0.2, 0.25) is 0 Å². The first kappa shape index (κ1) is 11.9. The number of Topliss-reactive ketones (excluding diaryl/α,β-unsaturated/α-hetero) is 1. The van der Waals surface area contributed by atoms with E-state index in [0.29, 0.717) is 0 Å². The molecule has 4 heteroatoms. The van der Waals surface area contributed by atoms with Crippen molar-refractivity contribution in [2.45, 2.75) is 18.2 Å². The van der Waals surface area contributed by atoms with Gasteiger partial charge in [0, 0.05) is 0 Å². The molecule has 0 radical (unpaired) electrons. The Bertz CT molecular complexity index is 370. The number of hydrogen-bond donors (Lipinski definition) is 1. The average Bonchev–Trinajstić information content (AvgIpc) is 2.17. The average molecular weight is 271 g/mol. The first-order valence-electron chi connectivity index (χ1n) is 4.46. The minimum atomic E-state index is -0.857. The standard InChI is InChI=1S/C11H11BrO3/c1-7(13)11(12)9-4-2-8(3-5-9)6-10(14)15/h2-5,11H,6H2,1H3,(H,14,15). The first-order chi connectivity index (χ1) is 7.00. The number of halogens is 1. The van der Waals surface area contributed by atoms with Crippen molar-refractivity contribution in [3.05, 3.63) is 35.4 Å². The molecule has 0 heterocycles. The van der Waals surface area contributed by atoms with Crippen LogP contribution in [0, 0.1) is 0 Å². The topological polar surface area (TPSA) is 54.4 Å². The molecular weight excluding hydrogens is 260 g/mol. The molecule has 0 aromatic heterocycles. The van der Waals surface area contributed by atoms with Crippen LogP contribution in [0.3, 0.4) is 0 Å². The van der Waals surface area contributed by atoms with Crippen LogP contribution in [0.2, 0.25) is 0 Å². The van der Waals surface area contributed by atoms with Crippen molar-refractivity contribution in [2.75, 3.05) is 0 Å². The Kier molecular flexibility index (Phi) is 4.03. The van der Waals surface area contributed by atoms with Crippen LogP contribution in [-0.4, -0.2) is 16.9 Å². The minimum Gasteiger partial charge on any atom is -0.481 e. The van der Waals surface area contributed by atoms with Gasteiger partial charge in [0.25, 0.3) is 0 Å². The maximum atomic E-state index is 11.1. The molecule has 0 fully saturated rings. The third-order valence-electron chi connectivity index (χ3n) is 1.98. The van der Waals surface area contributed by atoms with Gasteiger partial charge in [-0.15, -0.1) is 0 Å². The summed E-state index contributed by atoms with van der Waals surface area (Å²) in [6.45, 7) is 1.50. The summed E-state index contributed by atoms with van der Waals surface area (Å²) in [5.41, 5.74) is 1.58. The second-order valence-corrected chi connectivity index (χ2v) is 4.20. The van der Waals surface area contributed by atoms with Crippen molar-refractivity contribution in [1.29, 1.82) is 0 Å². The summed E-state index contributed by atoms with van der Waals surface area (Å²) in [5.74, 6) is -0.828. The number of ketones is 1. The van der Waals surface area contributed by atoms with Crippen LogP contribution in [0.5, 0.6) is 0 Å². The molecule has 15 heavy (non-hydrogen) atoms. The molecule has 0 aliphatic rings. The molecule has 1 unspecified atom stereocenters. The van der Waals surface area contributed by atoms with E-state index in [4.69, 9.17) is 5.11 Å². The maximum absolute atomic E-state index is 11.1. The molecule has 0 aliphatic carbocycles. The zero-order chi connectivity index (χ0) is 11.4. The number of carboxylic acids is 1. The summed E-state index contributed by atoms with van der Waals surface area (Å²) < 4.78 is 0. The Hall–Kier alpha value is -1.16. The lowest BCUT2D eigenvalue weighted by Gasteiger charge is -2.06. The zero-order valence-corrected chi connectivity index (χ0v) is 9.82. The van der Waals surface area contributed by atoms with Crippen LogP contribution in [0.4, 0.5) is 0 Å². The highest BCUT2D eigenvalue weighted by Crippen LogP contribution is 2.23. The molecular formula is C11H11BrO3. The fourth-order valence-corrected chi connectivity index (χ4v) is 1.52. The predicted octanol–water partition coefficient (Wildman–Crippen LogP) is 2.34. The highest BCUT2D eigenvalue weighted by atomic mass is 79.9. The highest BCUT2D eigenvalue weighted by Gasteiger charge is 2.12. The Morgan fingerprint density at radius 2 is 1.87 bits per heavy atom. The van der Waals surface area contributed by atoms with Crippen LogP contribution in [0.1, 0.15) is 22.9 Å².